The minimum Gasteiger partial charge on any atom is -0.464 e. The average Bonchev–Trinajstić information content (AvgIpc) is 3.11. The van der Waals surface area contributed by atoms with Crippen molar-refractivity contribution in [2.45, 2.75) is 39.5 Å². The van der Waals surface area contributed by atoms with Gasteiger partial charge in [-0.15, -0.1) is 12.3 Å². The van der Waals surface area contributed by atoms with Gasteiger partial charge in [-0.05, 0) is 45.0 Å². The molecule has 0 aliphatic heterocycles. The summed E-state index contributed by atoms with van der Waals surface area (Å²) in [6.45, 7) is 16.4. The fourth-order valence-corrected chi connectivity index (χ4v) is 5.07. The molecular weight excluding hydrogens is 869 g/mol. The number of pyridine rings is 2. The summed E-state index contributed by atoms with van der Waals surface area (Å²) in [4.78, 5) is 48.5. The molecule has 14 nitrogen and oxygen atoms in total. The number of hydrogen-bond acceptors (Lipinski definition) is 14. The van der Waals surface area contributed by atoms with Crippen LogP contribution in [0.25, 0.3) is 0 Å². The Morgan fingerprint density at radius 3 is 1.85 bits per heavy atom. The first-order valence-electron chi connectivity index (χ1n) is 17.0. The maximum Gasteiger partial charge on any atom is 2.00 e. The SMILES string of the molecule is [CH2-]CN(CCOCCOCCN(CCOC[CH-]CSCCNC(=O)OC(C)(C)C)Cc1cccc(C(=O)OC)n1)Cc1cccc(C(=O)OC)n1.[Os+2]. The van der Waals surface area contributed by atoms with Crippen LogP contribution in [0.5, 0.6) is 0 Å². The molecule has 0 saturated heterocycles. The second kappa shape index (κ2) is 27.8. The van der Waals surface area contributed by atoms with Gasteiger partial charge in [0.15, 0.2) is 0 Å². The Hall–Kier alpha value is -2.70. The van der Waals surface area contributed by atoms with Crippen LogP contribution in [-0.2, 0) is 61.3 Å². The van der Waals surface area contributed by atoms with Crippen molar-refractivity contribution in [2.24, 2.45) is 0 Å². The maximum atomic E-state index is 12.0. The summed E-state index contributed by atoms with van der Waals surface area (Å²) in [6, 6.07) is 10.6. The quantitative estimate of drug-likeness (QED) is 0.0633. The minimum absolute atomic E-state index is 0. The van der Waals surface area contributed by atoms with Gasteiger partial charge in [-0.25, -0.2) is 24.4 Å². The first-order chi connectivity index (χ1) is 24.5. The van der Waals surface area contributed by atoms with Crippen molar-refractivity contribution in [2.75, 3.05) is 98.1 Å². The molecule has 2 aromatic rings. The second-order valence-electron chi connectivity index (χ2n) is 12.2. The Morgan fingerprint density at radius 2 is 1.33 bits per heavy atom. The van der Waals surface area contributed by atoms with Crippen molar-refractivity contribution in [1.29, 1.82) is 0 Å². The van der Waals surface area contributed by atoms with Gasteiger partial charge in [0.2, 0.25) is 0 Å². The third kappa shape index (κ3) is 21.7. The number of aromatic nitrogens is 2. The Morgan fingerprint density at radius 1 is 0.808 bits per heavy atom. The van der Waals surface area contributed by atoms with Crippen LogP contribution >= 0.6 is 11.8 Å². The van der Waals surface area contributed by atoms with Crippen LogP contribution in [0.4, 0.5) is 4.79 Å². The summed E-state index contributed by atoms with van der Waals surface area (Å²) in [5.41, 5.74) is 1.52. The van der Waals surface area contributed by atoms with Gasteiger partial charge in [0, 0.05) is 45.0 Å². The number of carbonyl (C=O) groups is 3. The molecule has 1 amide bonds. The van der Waals surface area contributed by atoms with Crippen LogP contribution in [0.2, 0.25) is 0 Å². The monoisotopic (exact) mass is 925 g/mol. The largest absolute Gasteiger partial charge is 2.00 e. The van der Waals surface area contributed by atoms with Gasteiger partial charge < -0.3 is 45.6 Å². The van der Waals surface area contributed by atoms with Crippen molar-refractivity contribution in [3.63, 3.8) is 0 Å². The molecular formula is C36H55N5O9OsS. The van der Waals surface area contributed by atoms with E-state index in [1.807, 2.05) is 32.9 Å². The van der Waals surface area contributed by atoms with Crippen LogP contribution < -0.4 is 5.32 Å². The molecule has 292 valence electrons. The number of carbonyl (C=O) groups excluding carboxylic acids is 3. The first-order valence-corrected chi connectivity index (χ1v) is 18.1. The van der Waals surface area contributed by atoms with Crippen molar-refractivity contribution < 1.29 is 62.6 Å². The van der Waals surface area contributed by atoms with E-state index in [2.05, 4.69) is 38.4 Å². The van der Waals surface area contributed by atoms with Crippen LogP contribution in [0.1, 0.15) is 53.1 Å². The van der Waals surface area contributed by atoms with Gasteiger partial charge in [-0.2, -0.15) is 11.8 Å². The zero-order valence-corrected chi connectivity index (χ0v) is 34.4. The third-order valence-electron chi connectivity index (χ3n) is 6.90. The second-order valence-corrected chi connectivity index (χ2v) is 13.3. The Balaban J connectivity index is 0.0000135. The third-order valence-corrected chi connectivity index (χ3v) is 7.87. The minimum atomic E-state index is -0.510. The van der Waals surface area contributed by atoms with Gasteiger partial charge in [-0.3, -0.25) is 11.3 Å². The summed E-state index contributed by atoms with van der Waals surface area (Å²) >= 11 is 1.70. The molecule has 0 aliphatic carbocycles. The molecule has 2 aromatic heterocycles. The molecule has 16 heteroatoms. The van der Waals surface area contributed by atoms with Crippen molar-refractivity contribution >= 4 is 29.8 Å². The van der Waals surface area contributed by atoms with E-state index in [1.165, 1.54) is 14.2 Å². The number of thioether (sulfide) groups is 1. The van der Waals surface area contributed by atoms with Gasteiger partial charge in [0.1, 0.15) is 17.0 Å². The van der Waals surface area contributed by atoms with Crippen LogP contribution in [0.15, 0.2) is 36.4 Å². The van der Waals surface area contributed by atoms with Gasteiger partial charge >= 0.3 is 37.8 Å². The van der Waals surface area contributed by atoms with Crippen LogP contribution in [0, 0.1) is 13.3 Å². The van der Waals surface area contributed by atoms with E-state index in [0.29, 0.717) is 85.5 Å². The summed E-state index contributed by atoms with van der Waals surface area (Å²) in [5.74, 6) is 0.626. The first kappa shape index (κ1) is 47.3. The summed E-state index contributed by atoms with van der Waals surface area (Å²) < 4.78 is 32.3. The van der Waals surface area contributed by atoms with Crippen molar-refractivity contribution in [3.05, 3.63) is 72.5 Å². The van der Waals surface area contributed by atoms with E-state index in [1.54, 1.807) is 36.0 Å². The fourth-order valence-electron chi connectivity index (χ4n) is 4.39. The fraction of sp³-hybridized carbons (Fsp3) is 0.583. The van der Waals surface area contributed by atoms with E-state index in [0.717, 1.165) is 22.9 Å². The normalized spacial score (nSPS) is 11.3. The molecule has 0 spiro atoms. The molecule has 0 unspecified atom stereocenters. The predicted molar refractivity (Wildman–Crippen MR) is 195 cm³/mol. The molecule has 52 heavy (non-hydrogen) atoms. The van der Waals surface area contributed by atoms with Gasteiger partial charge in [0.25, 0.3) is 0 Å². The molecule has 0 aliphatic rings. The molecule has 0 aromatic carbocycles. The number of hydrogen-bond donors (Lipinski definition) is 1. The molecule has 2 heterocycles. The zero-order chi connectivity index (χ0) is 37.3. The van der Waals surface area contributed by atoms with Gasteiger partial charge in [0.05, 0.1) is 58.6 Å². The number of methoxy groups -OCH3 is 2. The topological polar surface area (TPSA) is 151 Å². The average molecular weight is 924 g/mol. The molecule has 1 N–H and O–H groups in total. The molecule has 0 bridgehead atoms. The van der Waals surface area contributed by atoms with Crippen LogP contribution in [-0.4, -0.2) is 141 Å². The molecule has 0 saturated carbocycles. The van der Waals surface area contributed by atoms with E-state index in [9.17, 15) is 14.4 Å². The summed E-state index contributed by atoms with van der Waals surface area (Å²) in [5, 5.41) is 2.75. The Labute approximate surface area is 326 Å². The van der Waals surface area contributed by atoms with E-state index in [-0.39, 0.29) is 31.2 Å². The molecule has 0 fully saturated rings. The predicted octanol–water partition coefficient (Wildman–Crippen LogP) is 3.70. The van der Waals surface area contributed by atoms with E-state index in [4.69, 9.17) is 28.4 Å². The Bertz CT molecular complexity index is 1300. The van der Waals surface area contributed by atoms with Crippen LogP contribution in [0.3, 0.4) is 0 Å². The molecule has 0 atom stereocenters. The number of rotatable bonds is 26. The van der Waals surface area contributed by atoms with E-state index >= 15 is 0 Å². The number of nitrogens with one attached hydrogen (secondary N) is 1. The Kier molecular flexibility index (Phi) is 25.3. The number of amides is 1. The van der Waals surface area contributed by atoms with Gasteiger partial charge in [-0.1, -0.05) is 18.7 Å². The number of alkyl carbamates (subject to hydrolysis) is 1. The molecule has 0 radical (unpaired) electrons. The molecule has 2 rings (SSSR count). The standard InChI is InChI=1S/C36H55N5O9S.Os/c1-7-40(27-29-11-8-13-31(38-29)33(42)45-5)16-20-48-23-24-49-22-18-41(28-30-12-9-14-32(39-30)34(43)46-6)17-21-47-19-10-25-51-26-15-37-35(44)50-36(2,3)4;/h8-14H,1,7,15-28H2,2-6H3,(H,37,44);/q-2;+2. The number of ether oxygens (including phenoxy) is 6. The van der Waals surface area contributed by atoms with Crippen molar-refractivity contribution in [3.8, 4) is 0 Å². The van der Waals surface area contributed by atoms with E-state index < -0.39 is 23.6 Å². The smallest absolute Gasteiger partial charge is 0.464 e. The zero-order valence-electron chi connectivity index (χ0n) is 31.1. The van der Waals surface area contributed by atoms with Crippen molar-refractivity contribution in [1.82, 2.24) is 25.1 Å². The maximum absolute atomic E-state index is 12.0. The number of nitrogens with zero attached hydrogens (tertiary/aromatic N) is 4. The number of esters is 2. The summed E-state index contributed by atoms with van der Waals surface area (Å²) in [7, 11) is 2.67. The summed E-state index contributed by atoms with van der Waals surface area (Å²) in [6.07, 6.45) is 1.65.